The van der Waals surface area contributed by atoms with Gasteiger partial charge >= 0.3 is 0 Å². The molecule has 0 aromatic rings. The highest BCUT2D eigenvalue weighted by Crippen LogP contribution is 2.50. The van der Waals surface area contributed by atoms with Crippen LogP contribution in [-0.2, 0) is 4.79 Å². The van der Waals surface area contributed by atoms with Gasteiger partial charge in [0.05, 0.1) is 0 Å². The van der Waals surface area contributed by atoms with Crippen LogP contribution in [0, 0.1) is 11.3 Å². The molecule has 0 saturated carbocycles. The first-order valence-corrected chi connectivity index (χ1v) is 5.42. The molecule has 0 radical (unpaired) electrons. The molecule has 14 heavy (non-hydrogen) atoms. The lowest BCUT2D eigenvalue weighted by molar-refractivity contribution is -0.117. The summed E-state index contributed by atoms with van der Waals surface area (Å²) in [5, 5.41) is 0. The molecule has 2 rings (SSSR count). The van der Waals surface area contributed by atoms with Gasteiger partial charge < -0.3 is 0 Å². The predicted molar refractivity (Wildman–Crippen MR) is 58.0 cm³/mol. The Morgan fingerprint density at radius 2 is 2.14 bits per heavy atom. The van der Waals surface area contributed by atoms with Crippen molar-refractivity contribution in [1.29, 1.82) is 0 Å². The fourth-order valence-electron chi connectivity index (χ4n) is 3.05. The lowest BCUT2D eigenvalue weighted by atomic mass is 9.59. The van der Waals surface area contributed by atoms with E-state index < -0.39 is 0 Å². The van der Waals surface area contributed by atoms with Gasteiger partial charge in [-0.05, 0) is 38.7 Å². The van der Waals surface area contributed by atoms with Crippen LogP contribution in [0.4, 0.5) is 0 Å². The summed E-state index contributed by atoms with van der Waals surface area (Å²) in [4.78, 5) is 11.6. The average Bonchev–Trinajstić information content (AvgIpc) is 2.07. The third-order valence-electron chi connectivity index (χ3n) is 4.06. The predicted octanol–water partition coefficient (Wildman–Crippen LogP) is 3.27. The third-order valence-corrected chi connectivity index (χ3v) is 4.06. The summed E-state index contributed by atoms with van der Waals surface area (Å²) in [6.45, 7) is 6.54. The van der Waals surface area contributed by atoms with E-state index in [-0.39, 0.29) is 5.41 Å². The number of carbonyl (C=O) groups is 1. The summed E-state index contributed by atoms with van der Waals surface area (Å²) in [6, 6.07) is 0. The van der Waals surface area contributed by atoms with Crippen LogP contribution in [0.5, 0.6) is 0 Å². The molecule has 0 unspecified atom stereocenters. The smallest absolute Gasteiger partial charge is 0.156 e. The summed E-state index contributed by atoms with van der Waals surface area (Å²) < 4.78 is 0. The topological polar surface area (TPSA) is 17.1 Å². The van der Waals surface area contributed by atoms with Gasteiger partial charge in [0.2, 0.25) is 0 Å². The summed E-state index contributed by atoms with van der Waals surface area (Å²) in [6.07, 6.45) is 7.25. The van der Waals surface area contributed by atoms with Crippen molar-refractivity contribution < 1.29 is 4.79 Å². The van der Waals surface area contributed by atoms with Crippen LogP contribution in [0.2, 0.25) is 0 Å². The zero-order chi connectivity index (χ0) is 10.3. The van der Waals surface area contributed by atoms with E-state index in [0.29, 0.717) is 18.1 Å². The van der Waals surface area contributed by atoms with Gasteiger partial charge in [-0.25, -0.2) is 0 Å². The van der Waals surface area contributed by atoms with Crippen molar-refractivity contribution in [2.75, 3.05) is 0 Å². The van der Waals surface area contributed by atoms with Crippen LogP contribution in [0.15, 0.2) is 23.3 Å². The second-order valence-corrected chi connectivity index (χ2v) is 4.97. The molecule has 0 fully saturated rings. The molecule has 0 bridgehead atoms. The van der Waals surface area contributed by atoms with Crippen LogP contribution in [0.3, 0.4) is 0 Å². The molecule has 2 aliphatic carbocycles. The first-order chi connectivity index (χ1) is 6.54. The second kappa shape index (κ2) is 3.08. The molecule has 0 N–H and O–H groups in total. The van der Waals surface area contributed by atoms with Crippen LogP contribution in [0.1, 0.15) is 40.0 Å². The molecule has 0 spiro atoms. The SMILES string of the molecule is CC1=CC(=O)C[C@@]2(C)C(C)=CCC[C@@H]12. The molecule has 2 atom stereocenters. The largest absolute Gasteiger partial charge is 0.295 e. The normalized spacial score (nSPS) is 37.4. The highest BCUT2D eigenvalue weighted by Gasteiger charge is 2.42. The molecule has 0 heterocycles. The Bertz CT molecular complexity index is 335. The Kier molecular flexibility index (Phi) is 2.13. The molecule has 0 amide bonds. The number of fused-ring (bicyclic) bond motifs is 1. The van der Waals surface area contributed by atoms with Crippen LogP contribution >= 0.6 is 0 Å². The lowest BCUT2D eigenvalue weighted by Crippen LogP contribution is -2.37. The van der Waals surface area contributed by atoms with Gasteiger partial charge in [0.1, 0.15) is 0 Å². The van der Waals surface area contributed by atoms with Gasteiger partial charge in [-0.3, -0.25) is 4.79 Å². The fraction of sp³-hybridized carbons (Fsp3) is 0.615. The lowest BCUT2D eigenvalue weighted by Gasteiger charge is -2.44. The Morgan fingerprint density at radius 1 is 1.43 bits per heavy atom. The number of allylic oxidation sites excluding steroid dienone is 4. The summed E-state index contributed by atoms with van der Waals surface area (Å²) in [5.41, 5.74) is 2.82. The van der Waals surface area contributed by atoms with Crippen molar-refractivity contribution in [3.05, 3.63) is 23.3 Å². The Balaban J connectivity index is 2.46. The van der Waals surface area contributed by atoms with E-state index in [1.165, 1.54) is 24.0 Å². The van der Waals surface area contributed by atoms with Crippen molar-refractivity contribution in [2.45, 2.75) is 40.0 Å². The van der Waals surface area contributed by atoms with Crippen molar-refractivity contribution in [1.82, 2.24) is 0 Å². The van der Waals surface area contributed by atoms with Gasteiger partial charge in [-0.2, -0.15) is 0 Å². The minimum Gasteiger partial charge on any atom is -0.295 e. The first-order valence-electron chi connectivity index (χ1n) is 5.42. The Hall–Kier alpha value is -0.850. The van der Waals surface area contributed by atoms with Crippen molar-refractivity contribution in [2.24, 2.45) is 11.3 Å². The van der Waals surface area contributed by atoms with Gasteiger partial charge in [0, 0.05) is 11.8 Å². The van der Waals surface area contributed by atoms with Crippen LogP contribution in [-0.4, -0.2) is 5.78 Å². The monoisotopic (exact) mass is 190 g/mol. The van der Waals surface area contributed by atoms with E-state index >= 15 is 0 Å². The van der Waals surface area contributed by atoms with E-state index in [0.717, 1.165) is 0 Å². The van der Waals surface area contributed by atoms with Gasteiger partial charge in [-0.15, -0.1) is 0 Å². The van der Waals surface area contributed by atoms with Gasteiger partial charge in [0.15, 0.2) is 5.78 Å². The zero-order valence-electron chi connectivity index (χ0n) is 9.26. The maximum Gasteiger partial charge on any atom is 0.156 e. The van der Waals surface area contributed by atoms with Crippen LogP contribution in [0.25, 0.3) is 0 Å². The number of ketones is 1. The highest BCUT2D eigenvalue weighted by atomic mass is 16.1. The van der Waals surface area contributed by atoms with Crippen LogP contribution < -0.4 is 0 Å². The molecule has 0 aromatic heterocycles. The van der Waals surface area contributed by atoms with E-state index in [1.807, 2.05) is 6.08 Å². The molecule has 2 aliphatic rings. The maximum absolute atomic E-state index is 11.6. The number of hydrogen-bond donors (Lipinski definition) is 0. The van der Waals surface area contributed by atoms with E-state index in [1.54, 1.807) is 0 Å². The summed E-state index contributed by atoms with van der Waals surface area (Å²) in [7, 11) is 0. The molecule has 1 heteroatoms. The quantitative estimate of drug-likeness (QED) is 0.536. The molecular formula is C13H18O. The molecule has 0 aliphatic heterocycles. The molecule has 76 valence electrons. The summed E-state index contributed by atoms with van der Waals surface area (Å²) >= 11 is 0. The highest BCUT2D eigenvalue weighted by molar-refractivity contribution is 5.92. The van der Waals surface area contributed by atoms with Crippen molar-refractivity contribution in [3.8, 4) is 0 Å². The summed E-state index contributed by atoms with van der Waals surface area (Å²) in [5.74, 6) is 0.904. The average molecular weight is 190 g/mol. The molecular weight excluding hydrogens is 172 g/mol. The molecule has 1 nitrogen and oxygen atoms in total. The minimum atomic E-state index is 0.119. The van der Waals surface area contributed by atoms with E-state index in [2.05, 4.69) is 26.8 Å². The van der Waals surface area contributed by atoms with Gasteiger partial charge in [-0.1, -0.05) is 24.1 Å². The zero-order valence-corrected chi connectivity index (χ0v) is 9.26. The van der Waals surface area contributed by atoms with E-state index in [4.69, 9.17) is 0 Å². The van der Waals surface area contributed by atoms with Gasteiger partial charge in [0.25, 0.3) is 0 Å². The Labute approximate surface area is 85.9 Å². The minimum absolute atomic E-state index is 0.119. The maximum atomic E-state index is 11.6. The Morgan fingerprint density at radius 3 is 2.86 bits per heavy atom. The second-order valence-electron chi connectivity index (χ2n) is 4.97. The first kappa shape index (κ1) is 9.70. The standard InChI is InChI=1S/C13H18O/c1-9-7-11(14)8-13(3)10(2)5-4-6-12(9)13/h5,7,12H,4,6,8H2,1-3H3/t12-,13-/m0/s1. The fourth-order valence-corrected chi connectivity index (χ4v) is 3.05. The van der Waals surface area contributed by atoms with Crippen molar-refractivity contribution in [3.63, 3.8) is 0 Å². The van der Waals surface area contributed by atoms with E-state index in [9.17, 15) is 4.79 Å². The van der Waals surface area contributed by atoms with Crippen molar-refractivity contribution >= 4 is 5.78 Å². The number of carbonyl (C=O) groups excluding carboxylic acids is 1. The molecule has 0 aromatic carbocycles. The number of rotatable bonds is 0. The molecule has 0 saturated heterocycles. The third kappa shape index (κ3) is 1.26. The number of hydrogen-bond acceptors (Lipinski definition) is 1.